The van der Waals surface area contributed by atoms with Gasteiger partial charge >= 0.3 is 17.8 Å². The summed E-state index contributed by atoms with van der Waals surface area (Å²) in [4.78, 5) is 49.7. The van der Waals surface area contributed by atoms with E-state index in [1.165, 1.54) is 4.57 Å². The number of carbonyl (C=O) groups is 2. The van der Waals surface area contributed by atoms with Crippen LogP contribution in [0.4, 0.5) is 10.6 Å². The van der Waals surface area contributed by atoms with Crippen molar-refractivity contribution in [3.63, 3.8) is 0 Å². The standard InChI is InChI=1S/C31H45N5O7/c1-30(2,3)43-29(39)35(19-23-13-9-8-10-14-23)17-12-11-16-31(4,5)27(37)41-21-26-40-20-25(42-26)36-18-15-24(33-28(36)38)32-22-34(6)7/h8-10,13-15,18,22,25-26H,11-12,16-17,19-21H2,1-7H3/t25-,26-/m0/s1. The zero-order valence-corrected chi connectivity index (χ0v) is 26.3. The van der Waals surface area contributed by atoms with Gasteiger partial charge in [0, 0.05) is 33.4 Å². The molecular formula is C31H45N5O7. The van der Waals surface area contributed by atoms with Gasteiger partial charge in [-0.25, -0.2) is 14.6 Å². The number of rotatable bonds is 13. The normalized spacial score (nSPS) is 17.2. The van der Waals surface area contributed by atoms with E-state index in [2.05, 4.69) is 9.98 Å². The molecule has 43 heavy (non-hydrogen) atoms. The van der Waals surface area contributed by atoms with E-state index in [0.717, 1.165) is 5.56 Å². The Morgan fingerprint density at radius 1 is 1.12 bits per heavy atom. The number of esters is 1. The Labute approximate surface area is 253 Å². The number of carbonyl (C=O) groups excluding carboxylic acids is 2. The topological polar surface area (TPSA) is 125 Å². The van der Waals surface area contributed by atoms with Gasteiger partial charge in [-0.1, -0.05) is 36.8 Å². The minimum absolute atomic E-state index is 0.102. The molecule has 1 saturated heterocycles. The van der Waals surface area contributed by atoms with Crippen molar-refractivity contribution in [3.8, 4) is 0 Å². The third kappa shape index (κ3) is 11.1. The molecule has 0 unspecified atom stereocenters. The summed E-state index contributed by atoms with van der Waals surface area (Å²) in [5.74, 6) is -0.0892. The molecule has 0 N–H and O–H groups in total. The van der Waals surface area contributed by atoms with Crippen molar-refractivity contribution in [2.75, 3.05) is 33.9 Å². The average molecular weight is 600 g/mol. The SMILES string of the molecule is CN(C)C=Nc1ccn([C@@H]2CO[C@H](COC(=O)C(C)(C)CCCCN(Cc3ccccc3)C(=O)OC(C)(C)C)O2)c(=O)n1. The number of nitrogens with zero attached hydrogens (tertiary/aromatic N) is 5. The lowest BCUT2D eigenvalue weighted by Crippen LogP contribution is -2.37. The number of ether oxygens (including phenoxy) is 4. The van der Waals surface area contributed by atoms with E-state index in [1.807, 2.05) is 79.0 Å². The molecule has 1 amide bonds. The van der Waals surface area contributed by atoms with Crippen LogP contribution in [0.2, 0.25) is 0 Å². The van der Waals surface area contributed by atoms with Gasteiger partial charge in [0.05, 0.1) is 18.4 Å². The predicted molar refractivity (Wildman–Crippen MR) is 162 cm³/mol. The highest BCUT2D eigenvalue weighted by atomic mass is 16.7. The summed E-state index contributed by atoms with van der Waals surface area (Å²) >= 11 is 0. The van der Waals surface area contributed by atoms with Crippen LogP contribution in [0.25, 0.3) is 0 Å². The van der Waals surface area contributed by atoms with E-state index < -0.39 is 29.2 Å². The average Bonchev–Trinajstić information content (AvgIpc) is 3.40. The summed E-state index contributed by atoms with van der Waals surface area (Å²) < 4.78 is 23.9. The second-order valence-corrected chi connectivity index (χ2v) is 12.4. The molecule has 236 valence electrons. The van der Waals surface area contributed by atoms with E-state index in [4.69, 9.17) is 18.9 Å². The van der Waals surface area contributed by atoms with E-state index in [-0.39, 0.29) is 31.1 Å². The Bertz CT molecular complexity index is 1290. The predicted octanol–water partition coefficient (Wildman–Crippen LogP) is 4.51. The second-order valence-electron chi connectivity index (χ2n) is 12.4. The largest absolute Gasteiger partial charge is 0.460 e. The first kappa shape index (κ1) is 33.7. The summed E-state index contributed by atoms with van der Waals surface area (Å²) in [5, 5.41) is 0. The zero-order valence-electron chi connectivity index (χ0n) is 26.3. The fraction of sp³-hybridized carbons (Fsp3) is 0.581. The molecule has 1 aromatic heterocycles. The Kier molecular flexibility index (Phi) is 11.8. The smallest absolute Gasteiger partial charge is 0.410 e. The molecule has 1 aliphatic rings. The number of benzene rings is 1. The van der Waals surface area contributed by atoms with Crippen LogP contribution in [0.5, 0.6) is 0 Å². The van der Waals surface area contributed by atoms with Gasteiger partial charge < -0.3 is 28.7 Å². The van der Waals surface area contributed by atoms with Crippen molar-refractivity contribution < 1.29 is 28.5 Å². The summed E-state index contributed by atoms with van der Waals surface area (Å²) in [7, 11) is 3.64. The van der Waals surface area contributed by atoms with Gasteiger partial charge in [0.15, 0.2) is 18.3 Å². The molecule has 12 heteroatoms. The van der Waals surface area contributed by atoms with Crippen LogP contribution in [0.15, 0.2) is 52.4 Å². The molecule has 0 radical (unpaired) electrons. The molecule has 2 aromatic rings. The minimum atomic E-state index is -0.802. The lowest BCUT2D eigenvalue weighted by molar-refractivity contribution is -0.168. The van der Waals surface area contributed by atoms with Gasteiger partial charge in [-0.2, -0.15) is 4.98 Å². The van der Waals surface area contributed by atoms with Gasteiger partial charge in [0.2, 0.25) is 0 Å². The van der Waals surface area contributed by atoms with E-state index in [0.29, 0.717) is 32.4 Å². The minimum Gasteiger partial charge on any atom is -0.460 e. The molecular weight excluding hydrogens is 554 g/mol. The summed E-state index contributed by atoms with van der Waals surface area (Å²) in [5.41, 5.74) is -0.848. The maximum absolute atomic E-state index is 12.9. The molecule has 0 saturated carbocycles. The number of hydrogen-bond donors (Lipinski definition) is 0. The first-order valence-corrected chi connectivity index (χ1v) is 14.5. The molecule has 1 fully saturated rings. The monoisotopic (exact) mass is 599 g/mol. The van der Waals surface area contributed by atoms with Crippen LogP contribution >= 0.6 is 0 Å². The number of unbranched alkanes of at least 4 members (excludes halogenated alkanes) is 1. The quantitative estimate of drug-likeness (QED) is 0.141. The van der Waals surface area contributed by atoms with Crippen molar-refractivity contribution in [1.29, 1.82) is 0 Å². The van der Waals surface area contributed by atoms with Gasteiger partial charge in [-0.3, -0.25) is 9.36 Å². The maximum Gasteiger partial charge on any atom is 0.410 e. The third-order valence-electron chi connectivity index (χ3n) is 6.53. The molecule has 12 nitrogen and oxygen atoms in total. The van der Waals surface area contributed by atoms with Crippen molar-refractivity contribution in [2.45, 2.75) is 78.5 Å². The van der Waals surface area contributed by atoms with Crippen molar-refractivity contribution in [3.05, 3.63) is 58.6 Å². The highest BCUT2D eigenvalue weighted by Crippen LogP contribution is 2.27. The lowest BCUT2D eigenvalue weighted by Gasteiger charge is -2.28. The van der Waals surface area contributed by atoms with E-state index in [9.17, 15) is 14.4 Å². The fourth-order valence-corrected chi connectivity index (χ4v) is 4.22. The molecule has 1 aliphatic heterocycles. The van der Waals surface area contributed by atoms with Crippen LogP contribution < -0.4 is 5.69 Å². The number of hydrogen-bond acceptors (Lipinski definition) is 9. The number of amides is 1. The number of aliphatic imine (C=N–C) groups is 1. The van der Waals surface area contributed by atoms with E-state index >= 15 is 0 Å². The Morgan fingerprint density at radius 3 is 2.49 bits per heavy atom. The Morgan fingerprint density at radius 2 is 1.84 bits per heavy atom. The van der Waals surface area contributed by atoms with Crippen molar-refractivity contribution in [2.24, 2.45) is 10.4 Å². The Balaban J connectivity index is 1.45. The molecule has 0 bridgehead atoms. The molecule has 0 spiro atoms. The van der Waals surface area contributed by atoms with Gasteiger partial charge in [-0.15, -0.1) is 0 Å². The van der Waals surface area contributed by atoms with Crippen LogP contribution in [0.3, 0.4) is 0 Å². The fourth-order valence-electron chi connectivity index (χ4n) is 4.22. The summed E-state index contributed by atoms with van der Waals surface area (Å²) in [6, 6.07) is 11.4. The maximum atomic E-state index is 12.9. The van der Waals surface area contributed by atoms with Crippen LogP contribution in [-0.4, -0.2) is 83.5 Å². The lowest BCUT2D eigenvalue weighted by atomic mass is 9.87. The molecule has 3 rings (SSSR count). The first-order valence-electron chi connectivity index (χ1n) is 14.5. The van der Waals surface area contributed by atoms with Gasteiger partial charge in [0.25, 0.3) is 0 Å². The van der Waals surface area contributed by atoms with Crippen LogP contribution in [0.1, 0.15) is 65.7 Å². The van der Waals surface area contributed by atoms with E-state index in [1.54, 1.807) is 28.4 Å². The second kappa shape index (κ2) is 15.1. The highest BCUT2D eigenvalue weighted by Gasteiger charge is 2.33. The Hall–Kier alpha value is -3.77. The molecule has 0 aliphatic carbocycles. The highest BCUT2D eigenvalue weighted by molar-refractivity contribution is 5.75. The van der Waals surface area contributed by atoms with Gasteiger partial charge in [0.1, 0.15) is 12.2 Å². The number of aromatic nitrogens is 2. The van der Waals surface area contributed by atoms with Crippen LogP contribution in [-0.2, 0) is 30.3 Å². The van der Waals surface area contributed by atoms with Gasteiger partial charge in [-0.05, 0) is 59.1 Å². The molecule has 2 atom stereocenters. The summed E-state index contributed by atoms with van der Waals surface area (Å²) in [6.45, 7) is 10.2. The third-order valence-corrected chi connectivity index (χ3v) is 6.53. The van der Waals surface area contributed by atoms with Crippen LogP contribution in [0, 0.1) is 5.41 Å². The molecule has 1 aromatic carbocycles. The molecule has 2 heterocycles. The zero-order chi connectivity index (χ0) is 31.6. The first-order chi connectivity index (χ1) is 20.2. The van der Waals surface area contributed by atoms with Crippen molar-refractivity contribution in [1.82, 2.24) is 19.4 Å². The summed E-state index contributed by atoms with van der Waals surface area (Å²) in [6.07, 6.45) is 3.22. The van der Waals surface area contributed by atoms with Crippen molar-refractivity contribution >= 4 is 24.2 Å².